The van der Waals surface area contributed by atoms with E-state index in [9.17, 15) is 9.59 Å². The Morgan fingerprint density at radius 3 is 2.19 bits per heavy atom. The largest absolute Gasteiger partial charge is 0.521 e. The number of carbonyl (C=O) groups excluding carboxylic acids is 2. The third-order valence-electron chi connectivity index (χ3n) is 3.56. The molecule has 0 spiro atoms. The first-order valence-corrected chi connectivity index (χ1v) is 9.90. The molecular formula is C17H26N2O6Si. The second kappa shape index (κ2) is 10.7. The van der Waals surface area contributed by atoms with Crippen LogP contribution in [-0.4, -0.2) is 61.5 Å². The molecule has 9 heteroatoms. The number of hydrogen-bond acceptors (Lipinski definition) is 6. The average molecular weight is 382 g/mol. The number of carbonyl (C=O) groups is 2. The number of anilines is 1. The number of amides is 2. The second-order valence-corrected chi connectivity index (χ2v) is 8.27. The molecule has 0 fully saturated rings. The van der Waals surface area contributed by atoms with Crippen molar-refractivity contribution in [2.24, 2.45) is 0 Å². The first-order chi connectivity index (χ1) is 12.4. The minimum Gasteiger partial charge on any atom is -0.460 e. The van der Waals surface area contributed by atoms with Crippen molar-refractivity contribution in [3.8, 4) is 0 Å². The molecule has 8 nitrogen and oxygen atoms in total. The lowest BCUT2D eigenvalue weighted by atomic mass is 10.3. The minimum atomic E-state index is -3.04. The van der Waals surface area contributed by atoms with Gasteiger partial charge in [0, 0.05) is 32.6 Å². The topological polar surface area (TPSA) is 86.3 Å². The van der Waals surface area contributed by atoms with Crippen LogP contribution in [0.2, 0.25) is 0 Å². The van der Waals surface area contributed by atoms with Gasteiger partial charge in [0.15, 0.2) is 0 Å². The van der Waals surface area contributed by atoms with Crippen molar-refractivity contribution in [2.75, 3.05) is 45.5 Å². The number of benzene rings is 1. The number of hydrogen-bond donors (Lipinski definition) is 1. The number of nitrogens with one attached hydrogen (secondary N) is 1. The zero-order chi connectivity index (χ0) is 19.6. The van der Waals surface area contributed by atoms with E-state index in [1.54, 1.807) is 19.1 Å². The highest BCUT2D eigenvalue weighted by molar-refractivity contribution is 6.61. The van der Waals surface area contributed by atoms with Gasteiger partial charge in [0.25, 0.3) is 0 Å². The van der Waals surface area contributed by atoms with Crippen LogP contribution in [0.3, 0.4) is 0 Å². The van der Waals surface area contributed by atoms with Gasteiger partial charge in [-0.1, -0.05) is 24.8 Å². The summed E-state index contributed by atoms with van der Waals surface area (Å²) in [6.07, 6.45) is 0.123. The predicted octanol–water partition coefficient (Wildman–Crippen LogP) is 1.74. The molecule has 1 aromatic carbocycles. The van der Waals surface area contributed by atoms with Crippen molar-refractivity contribution in [3.05, 3.63) is 42.5 Å². The van der Waals surface area contributed by atoms with Gasteiger partial charge in [-0.3, -0.25) is 4.90 Å². The molecule has 2 amide bonds. The van der Waals surface area contributed by atoms with E-state index in [-0.39, 0.29) is 25.4 Å². The molecular weight excluding hydrogens is 356 g/mol. The minimum absolute atomic E-state index is 0.0431. The van der Waals surface area contributed by atoms with E-state index in [1.807, 2.05) is 18.2 Å². The highest BCUT2D eigenvalue weighted by Crippen LogP contribution is 2.18. The summed E-state index contributed by atoms with van der Waals surface area (Å²) in [5.74, 6) is -0.497. The quantitative estimate of drug-likeness (QED) is 0.287. The third kappa shape index (κ3) is 6.26. The van der Waals surface area contributed by atoms with E-state index in [0.717, 1.165) is 0 Å². The molecule has 0 aliphatic carbocycles. The summed E-state index contributed by atoms with van der Waals surface area (Å²) in [5, 5.41) is 2.71. The SMILES string of the molecule is C=C(C)C(=O)OCCNC(=O)N(C[Si](OC)(OC)OC)c1ccccc1. The zero-order valence-electron chi connectivity index (χ0n) is 15.6. The molecule has 0 aliphatic heterocycles. The number of para-hydroxylation sites is 1. The Morgan fingerprint density at radius 1 is 1.12 bits per heavy atom. The number of ether oxygens (including phenoxy) is 1. The van der Waals surface area contributed by atoms with Crippen LogP contribution in [0.1, 0.15) is 6.92 Å². The maximum absolute atomic E-state index is 12.7. The average Bonchev–Trinajstić information content (AvgIpc) is 2.67. The van der Waals surface area contributed by atoms with E-state index >= 15 is 0 Å². The monoisotopic (exact) mass is 382 g/mol. The Bertz CT molecular complexity index is 598. The van der Waals surface area contributed by atoms with Crippen LogP contribution in [0.4, 0.5) is 10.5 Å². The van der Waals surface area contributed by atoms with Crippen molar-refractivity contribution in [1.29, 1.82) is 0 Å². The molecule has 144 valence electrons. The van der Waals surface area contributed by atoms with Crippen molar-refractivity contribution in [1.82, 2.24) is 5.32 Å². The van der Waals surface area contributed by atoms with Crippen molar-refractivity contribution in [2.45, 2.75) is 6.92 Å². The van der Waals surface area contributed by atoms with Crippen molar-refractivity contribution in [3.63, 3.8) is 0 Å². The summed E-state index contributed by atoms with van der Waals surface area (Å²) >= 11 is 0. The lowest BCUT2D eigenvalue weighted by Crippen LogP contribution is -2.57. The van der Waals surface area contributed by atoms with Gasteiger partial charge in [0.2, 0.25) is 0 Å². The normalized spacial score (nSPS) is 10.9. The van der Waals surface area contributed by atoms with Crippen LogP contribution in [0, 0.1) is 0 Å². The number of urea groups is 1. The van der Waals surface area contributed by atoms with E-state index < -0.39 is 14.8 Å². The molecule has 1 N–H and O–H groups in total. The van der Waals surface area contributed by atoms with E-state index in [1.165, 1.54) is 26.2 Å². The van der Waals surface area contributed by atoms with Crippen LogP contribution in [0.25, 0.3) is 0 Å². The van der Waals surface area contributed by atoms with Gasteiger partial charge < -0.3 is 23.3 Å². The van der Waals surface area contributed by atoms with Crippen molar-refractivity contribution >= 4 is 26.5 Å². The molecule has 0 atom stereocenters. The Balaban J connectivity index is 2.80. The lowest BCUT2D eigenvalue weighted by molar-refractivity contribution is -0.138. The molecule has 0 aliphatic rings. The first-order valence-electron chi connectivity index (χ1n) is 7.97. The number of rotatable bonds is 10. The van der Waals surface area contributed by atoms with Crippen LogP contribution < -0.4 is 10.2 Å². The Kier molecular flexibility index (Phi) is 9.00. The molecule has 0 saturated heterocycles. The highest BCUT2D eigenvalue weighted by atomic mass is 28.4. The Labute approximate surface area is 155 Å². The van der Waals surface area contributed by atoms with Crippen LogP contribution in [-0.2, 0) is 22.8 Å². The van der Waals surface area contributed by atoms with Gasteiger partial charge >= 0.3 is 20.8 Å². The number of esters is 1. The fourth-order valence-corrected chi connectivity index (χ4v) is 3.65. The summed E-state index contributed by atoms with van der Waals surface area (Å²) in [5.41, 5.74) is 0.963. The van der Waals surface area contributed by atoms with Gasteiger partial charge in [-0.2, -0.15) is 0 Å². The predicted molar refractivity (Wildman–Crippen MR) is 99.7 cm³/mol. The van der Waals surface area contributed by atoms with Crippen LogP contribution >= 0.6 is 0 Å². The molecule has 0 radical (unpaired) electrons. The molecule has 1 aromatic rings. The Hall–Kier alpha value is -2.20. The maximum Gasteiger partial charge on any atom is 0.521 e. The summed E-state index contributed by atoms with van der Waals surface area (Å²) in [7, 11) is 1.41. The van der Waals surface area contributed by atoms with Crippen LogP contribution in [0.5, 0.6) is 0 Å². The van der Waals surface area contributed by atoms with E-state index in [2.05, 4.69) is 11.9 Å². The fraction of sp³-hybridized carbons (Fsp3) is 0.412. The highest BCUT2D eigenvalue weighted by Gasteiger charge is 2.42. The molecule has 1 rings (SSSR count). The lowest BCUT2D eigenvalue weighted by Gasteiger charge is -2.31. The Morgan fingerprint density at radius 2 is 1.69 bits per heavy atom. The van der Waals surface area contributed by atoms with Gasteiger partial charge in [-0.25, -0.2) is 9.59 Å². The smallest absolute Gasteiger partial charge is 0.460 e. The van der Waals surface area contributed by atoms with Gasteiger partial charge in [0.05, 0.1) is 12.7 Å². The van der Waals surface area contributed by atoms with Gasteiger partial charge in [-0.15, -0.1) is 0 Å². The van der Waals surface area contributed by atoms with Crippen LogP contribution in [0.15, 0.2) is 42.5 Å². The molecule has 0 heterocycles. The summed E-state index contributed by atoms with van der Waals surface area (Å²) in [6, 6.07) is 8.69. The summed E-state index contributed by atoms with van der Waals surface area (Å²) < 4.78 is 21.2. The molecule has 0 unspecified atom stereocenters. The third-order valence-corrected chi connectivity index (χ3v) is 6.13. The van der Waals surface area contributed by atoms with Crippen molar-refractivity contribution < 1.29 is 27.6 Å². The molecule has 0 saturated carbocycles. The van der Waals surface area contributed by atoms with Gasteiger partial charge in [0.1, 0.15) is 6.61 Å². The first kappa shape index (κ1) is 21.8. The van der Waals surface area contributed by atoms with E-state index in [4.69, 9.17) is 18.0 Å². The summed E-state index contributed by atoms with van der Waals surface area (Å²) in [6.45, 7) is 5.25. The maximum atomic E-state index is 12.7. The molecule has 0 bridgehead atoms. The zero-order valence-corrected chi connectivity index (χ0v) is 16.6. The molecule has 0 aromatic heterocycles. The molecule has 26 heavy (non-hydrogen) atoms. The standard InChI is InChI=1S/C17H26N2O6Si/c1-14(2)16(20)25-12-11-18-17(21)19(15-9-7-6-8-10-15)13-26(22-3,23-4)24-5/h6-10H,1,11-13H2,2-5H3,(H,18,21). The number of nitrogens with zero attached hydrogens (tertiary/aromatic N) is 1. The van der Waals surface area contributed by atoms with E-state index in [0.29, 0.717) is 11.3 Å². The second-order valence-electron chi connectivity index (χ2n) is 5.37. The fourth-order valence-electron chi connectivity index (χ4n) is 2.05. The summed E-state index contributed by atoms with van der Waals surface area (Å²) in [4.78, 5) is 25.5. The van der Waals surface area contributed by atoms with Gasteiger partial charge in [-0.05, 0) is 19.1 Å².